The van der Waals surface area contributed by atoms with E-state index in [-0.39, 0.29) is 24.8 Å². The van der Waals surface area contributed by atoms with E-state index < -0.39 is 0 Å². The highest BCUT2D eigenvalue weighted by molar-refractivity contribution is 7.98. The van der Waals surface area contributed by atoms with Crippen LogP contribution in [0.1, 0.15) is 16.9 Å². The summed E-state index contributed by atoms with van der Waals surface area (Å²) in [5.41, 5.74) is 1.97. The van der Waals surface area contributed by atoms with Crippen LogP contribution in [0.3, 0.4) is 0 Å². The van der Waals surface area contributed by atoms with Crippen LogP contribution in [0.4, 0.5) is 5.69 Å². The summed E-state index contributed by atoms with van der Waals surface area (Å²) < 4.78 is 1.80. The van der Waals surface area contributed by atoms with Crippen LogP contribution < -0.4 is 10.6 Å². The largest absolute Gasteiger partial charge is 0.350 e. The number of nitrogens with one attached hydrogen (secondary N) is 2. The molecule has 7 nitrogen and oxygen atoms in total. The summed E-state index contributed by atoms with van der Waals surface area (Å²) in [5, 5.41) is 6.26. The highest BCUT2D eigenvalue weighted by atomic mass is 32.2. The summed E-state index contributed by atoms with van der Waals surface area (Å²) >= 11 is 1.46. The van der Waals surface area contributed by atoms with Gasteiger partial charge in [0.15, 0.2) is 5.16 Å². The molecule has 1 aromatic carbocycles. The lowest BCUT2D eigenvalue weighted by molar-refractivity contribution is -0.116. The van der Waals surface area contributed by atoms with Gasteiger partial charge in [-0.15, -0.1) is 0 Å². The normalized spacial score (nSPS) is 10.4. The number of anilines is 1. The number of rotatable bonds is 7. The zero-order valence-corrected chi connectivity index (χ0v) is 15.6. The second-order valence-electron chi connectivity index (χ2n) is 5.59. The van der Waals surface area contributed by atoms with Gasteiger partial charge in [-0.1, -0.05) is 30.0 Å². The average molecular weight is 381 g/mol. The Hall–Kier alpha value is -3.13. The maximum absolute atomic E-state index is 12.6. The molecule has 0 aliphatic carbocycles. The molecule has 0 atom stereocenters. The molecule has 3 rings (SSSR count). The number of hydrogen-bond acceptors (Lipinski definition) is 5. The van der Waals surface area contributed by atoms with Crippen LogP contribution in [0.5, 0.6) is 0 Å². The maximum Gasteiger partial charge on any atom is 0.269 e. The van der Waals surface area contributed by atoms with E-state index in [0.717, 1.165) is 10.8 Å². The molecule has 2 amide bonds. The second kappa shape index (κ2) is 9.00. The third-order valence-electron chi connectivity index (χ3n) is 3.76. The van der Waals surface area contributed by atoms with Crippen molar-refractivity contribution in [1.29, 1.82) is 0 Å². The Kier molecular flexibility index (Phi) is 6.22. The van der Waals surface area contributed by atoms with Gasteiger partial charge in [-0.3, -0.25) is 19.1 Å². The Morgan fingerprint density at radius 1 is 1.11 bits per heavy atom. The molecule has 8 heteroatoms. The fraction of sp³-hybridized carbons (Fsp3) is 0.158. The van der Waals surface area contributed by atoms with E-state index in [2.05, 4.69) is 20.6 Å². The molecular formula is C19H19N5O2S. The van der Waals surface area contributed by atoms with Crippen molar-refractivity contribution in [2.45, 2.75) is 11.6 Å². The summed E-state index contributed by atoms with van der Waals surface area (Å²) in [6.45, 7) is 0.227. The van der Waals surface area contributed by atoms with E-state index in [1.165, 1.54) is 11.8 Å². The van der Waals surface area contributed by atoms with Gasteiger partial charge in [0.25, 0.3) is 5.91 Å². The monoisotopic (exact) mass is 381 g/mol. The number of imidazole rings is 1. The molecule has 0 spiro atoms. The number of pyridine rings is 1. The van der Waals surface area contributed by atoms with E-state index in [4.69, 9.17) is 0 Å². The topological polar surface area (TPSA) is 88.9 Å². The van der Waals surface area contributed by atoms with Crippen LogP contribution >= 0.6 is 11.8 Å². The van der Waals surface area contributed by atoms with Gasteiger partial charge in [0.2, 0.25) is 5.91 Å². The summed E-state index contributed by atoms with van der Waals surface area (Å²) in [6.07, 6.45) is 6.83. The molecule has 0 bridgehead atoms. The molecule has 3 aromatic rings. The van der Waals surface area contributed by atoms with Crippen molar-refractivity contribution in [3.63, 3.8) is 0 Å². The zero-order valence-electron chi connectivity index (χ0n) is 14.8. The van der Waals surface area contributed by atoms with Crippen molar-refractivity contribution < 1.29 is 9.59 Å². The molecule has 0 aliphatic heterocycles. The summed E-state index contributed by atoms with van der Waals surface area (Å²) in [5.74, 6) is -0.453. The van der Waals surface area contributed by atoms with Gasteiger partial charge < -0.3 is 10.6 Å². The van der Waals surface area contributed by atoms with Crippen molar-refractivity contribution in [2.24, 2.45) is 0 Å². The number of aromatic nitrogens is 3. The fourth-order valence-corrected chi connectivity index (χ4v) is 3.05. The first kappa shape index (κ1) is 18.7. The molecule has 0 radical (unpaired) electrons. The molecule has 2 N–H and O–H groups in total. The van der Waals surface area contributed by atoms with Gasteiger partial charge in [-0.2, -0.15) is 0 Å². The highest BCUT2D eigenvalue weighted by Gasteiger charge is 2.17. The molecule has 0 saturated heterocycles. The lowest BCUT2D eigenvalue weighted by Crippen LogP contribution is -2.29. The molecule has 2 aromatic heterocycles. The van der Waals surface area contributed by atoms with Gasteiger partial charge >= 0.3 is 0 Å². The van der Waals surface area contributed by atoms with E-state index in [1.54, 1.807) is 35.3 Å². The summed E-state index contributed by atoms with van der Waals surface area (Å²) in [7, 11) is 0. The number of thioether (sulfide) groups is 1. The lowest BCUT2D eigenvalue weighted by Gasteiger charge is -2.11. The van der Waals surface area contributed by atoms with Gasteiger partial charge in [0.1, 0.15) is 5.69 Å². The zero-order chi connectivity index (χ0) is 19.1. The van der Waals surface area contributed by atoms with Crippen LogP contribution in [-0.2, 0) is 4.79 Å². The van der Waals surface area contributed by atoms with E-state index in [9.17, 15) is 9.59 Å². The van der Waals surface area contributed by atoms with Gasteiger partial charge in [-0.05, 0) is 30.5 Å². The number of carbonyl (C=O) groups is 2. The number of carbonyl (C=O) groups excluding carboxylic acids is 2. The first-order valence-corrected chi connectivity index (χ1v) is 9.56. The Morgan fingerprint density at radius 3 is 2.56 bits per heavy atom. The molecule has 27 heavy (non-hydrogen) atoms. The van der Waals surface area contributed by atoms with Gasteiger partial charge in [0, 0.05) is 36.7 Å². The number of amides is 2. The second-order valence-corrected chi connectivity index (χ2v) is 6.36. The maximum atomic E-state index is 12.6. The van der Waals surface area contributed by atoms with Crippen molar-refractivity contribution in [2.75, 3.05) is 18.1 Å². The Labute approximate surface area is 161 Å². The van der Waals surface area contributed by atoms with Crippen molar-refractivity contribution in [3.05, 3.63) is 66.7 Å². The van der Waals surface area contributed by atoms with Crippen LogP contribution in [-0.4, -0.2) is 39.1 Å². The predicted molar refractivity (Wildman–Crippen MR) is 105 cm³/mol. The smallest absolute Gasteiger partial charge is 0.269 e. The fourth-order valence-electron chi connectivity index (χ4n) is 2.50. The van der Waals surface area contributed by atoms with Crippen LogP contribution in [0.25, 0.3) is 5.69 Å². The Bertz CT molecular complexity index is 912. The number of benzene rings is 1. The molecule has 0 fully saturated rings. The van der Waals surface area contributed by atoms with E-state index in [0.29, 0.717) is 11.4 Å². The first-order valence-electron chi connectivity index (χ1n) is 8.34. The predicted octanol–water partition coefficient (Wildman–Crippen LogP) is 2.75. The summed E-state index contributed by atoms with van der Waals surface area (Å²) in [6, 6.07) is 13.0. The quantitative estimate of drug-likeness (QED) is 0.615. The molecule has 2 heterocycles. The van der Waals surface area contributed by atoms with Crippen LogP contribution in [0.15, 0.2) is 66.2 Å². The molecular weight excluding hydrogens is 362 g/mol. The average Bonchev–Trinajstić information content (AvgIpc) is 3.13. The highest BCUT2D eigenvalue weighted by Crippen LogP contribution is 2.21. The van der Waals surface area contributed by atoms with Gasteiger partial charge in [0.05, 0.1) is 6.20 Å². The van der Waals surface area contributed by atoms with Gasteiger partial charge in [-0.25, -0.2) is 4.98 Å². The lowest BCUT2D eigenvalue weighted by atomic mass is 10.3. The standard InChI is InChI=1S/C19H19N5O2S/c1-27-19-22-13-16(24(19)15-5-3-2-4-6-15)18(26)21-12-9-17(25)23-14-7-10-20-11-8-14/h2-8,10-11,13H,9,12H2,1H3,(H,21,26)(H,20,23,25). The van der Waals surface area contributed by atoms with Crippen LogP contribution in [0, 0.1) is 0 Å². The number of nitrogens with zero attached hydrogens (tertiary/aromatic N) is 3. The van der Waals surface area contributed by atoms with Crippen LogP contribution in [0.2, 0.25) is 0 Å². The Morgan fingerprint density at radius 2 is 1.85 bits per heavy atom. The minimum absolute atomic E-state index is 0.170. The molecule has 0 saturated carbocycles. The molecule has 0 aliphatic rings. The van der Waals surface area contributed by atoms with Crippen molar-refractivity contribution in [3.8, 4) is 5.69 Å². The van der Waals surface area contributed by atoms with Crippen molar-refractivity contribution >= 4 is 29.3 Å². The number of para-hydroxylation sites is 1. The van der Waals surface area contributed by atoms with E-state index in [1.807, 2.05) is 36.6 Å². The number of hydrogen-bond donors (Lipinski definition) is 2. The van der Waals surface area contributed by atoms with Crippen molar-refractivity contribution in [1.82, 2.24) is 19.9 Å². The summed E-state index contributed by atoms with van der Waals surface area (Å²) in [4.78, 5) is 32.8. The molecule has 0 unspecified atom stereocenters. The Balaban J connectivity index is 1.62. The SMILES string of the molecule is CSc1ncc(C(=O)NCCC(=O)Nc2ccncc2)n1-c1ccccc1. The third kappa shape index (κ3) is 4.73. The molecule has 138 valence electrons. The minimum atomic E-state index is -0.275. The van der Waals surface area contributed by atoms with E-state index >= 15 is 0 Å². The third-order valence-corrected chi connectivity index (χ3v) is 4.41. The first-order chi connectivity index (χ1) is 13.2. The minimum Gasteiger partial charge on any atom is -0.350 e.